The summed E-state index contributed by atoms with van der Waals surface area (Å²) in [6.45, 7) is 5.88. The summed E-state index contributed by atoms with van der Waals surface area (Å²) < 4.78 is 6.68. The minimum Gasteiger partial charge on any atom is -0.481 e. The highest BCUT2D eigenvalue weighted by atomic mass is 79.9. The number of amides is 1. The van der Waals surface area contributed by atoms with E-state index in [-0.39, 0.29) is 11.9 Å². The first kappa shape index (κ1) is 17.5. The topological polar surface area (TPSA) is 38.3 Å². The first-order valence-electron chi connectivity index (χ1n) is 7.78. The predicted octanol–water partition coefficient (Wildman–Crippen LogP) is 4.79. The van der Waals surface area contributed by atoms with Crippen molar-refractivity contribution in [1.82, 2.24) is 5.32 Å². The van der Waals surface area contributed by atoms with E-state index in [9.17, 15) is 4.79 Å². The lowest BCUT2D eigenvalue weighted by Gasteiger charge is -2.21. The zero-order valence-electron chi connectivity index (χ0n) is 13.7. The van der Waals surface area contributed by atoms with Gasteiger partial charge in [0.2, 0.25) is 0 Å². The Balaban J connectivity index is 1.98. The number of hydrogen-bond acceptors (Lipinski definition) is 2. The van der Waals surface area contributed by atoms with Crippen molar-refractivity contribution >= 4 is 21.8 Å². The van der Waals surface area contributed by atoms with E-state index in [1.54, 1.807) is 6.92 Å². The summed E-state index contributed by atoms with van der Waals surface area (Å²) in [5, 5.41) is 3.06. The van der Waals surface area contributed by atoms with E-state index in [2.05, 4.69) is 59.4 Å². The average molecular weight is 376 g/mol. The molecule has 0 saturated carbocycles. The molecule has 1 N–H and O–H groups in total. The number of halogens is 1. The lowest BCUT2D eigenvalue weighted by molar-refractivity contribution is -0.128. The van der Waals surface area contributed by atoms with Crippen LogP contribution in [-0.2, 0) is 4.79 Å². The fraction of sp³-hybridized carbons (Fsp3) is 0.316. The Hall–Kier alpha value is -1.81. The van der Waals surface area contributed by atoms with Crippen LogP contribution in [0.25, 0.3) is 0 Å². The third-order valence-electron chi connectivity index (χ3n) is 3.70. The number of aryl methyl sites for hydroxylation is 1. The maximum absolute atomic E-state index is 12.4. The van der Waals surface area contributed by atoms with Gasteiger partial charge in [0.15, 0.2) is 6.10 Å². The fourth-order valence-corrected chi connectivity index (χ4v) is 2.54. The molecule has 4 heteroatoms. The maximum Gasteiger partial charge on any atom is 0.261 e. The molecule has 0 unspecified atom stereocenters. The van der Waals surface area contributed by atoms with Crippen LogP contribution in [0.15, 0.2) is 53.0 Å². The van der Waals surface area contributed by atoms with Gasteiger partial charge in [-0.05, 0) is 50.1 Å². The third kappa shape index (κ3) is 5.10. The molecule has 0 bridgehead atoms. The van der Waals surface area contributed by atoms with E-state index in [1.165, 1.54) is 5.56 Å². The summed E-state index contributed by atoms with van der Waals surface area (Å²) >= 11 is 3.38. The maximum atomic E-state index is 12.4. The first-order chi connectivity index (χ1) is 11.0. The zero-order chi connectivity index (χ0) is 16.8. The summed E-state index contributed by atoms with van der Waals surface area (Å²) in [5.41, 5.74) is 2.32. The van der Waals surface area contributed by atoms with Crippen molar-refractivity contribution < 1.29 is 9.53 Å². The molecule has 0 aliphatic carbocycles. The van der Waals surface area contributed by atoms with E-state index < -0.39 is 6.10 Å². The number of ether oxygens (including phenoxy) is 1. The quantitative estimate of drug-likeness (QED) is 0.787. The molecule has 122 valence electrons. The van der Waals surface area contributed by atoms with Crippen molar-refractivity contribution in [3.05, 3.63) is 64.1 Å². The molecule has 2 atom stereocenters. The van der Waals surface area contributed by atoms with Gasteiger partial charge in [-0.2, -0.15) is 0 Å². The molecule has 2 aromatic rings. The fourth-order valence-electron chi connectivity index (χ4n) is 2.28. The van der Waals surface area contributed by atoms with Crippen LogP contribution in [0.5, 0.6) is 5.75 Å². The van der Waals surface area contributed by atoms with Gasteiger partial charge in [0.25, 0.3) is 5.91 Å². The molecule has 3 nitrogen and oxygen atoms in total. The lowest BCUT2D eigenvalue weighted by atomic mass is 10.0. The molecule has 0 fully saturated rings. The summed E-state index contributed by atoms with van der Waals surface area (Å²) in [6.07, 6.45) is 0.287. The van der Waals surface area contributed by atoms with Gasteiger partial charge in [-0.15, -0.1) is 0 Å². The van der Waals surface area contributed by atoms with Gasteiger partial charge in [-0.3, -0.25) is 4.79 Å². The Morgan fingerprint density at radius 3 is 2.30 bits per heavy atom. The monoisotopic (exact) mass is 375 g/mol. The third-order valence-corrected chi connectivity index (χ3v) is 4.23. The van der Waals surface area contributed by atoms with Gasteiger partial charge in [0.1, 0.15) is 5.75 Å². The molecule has 0 heterocycles. The normalized spacial score (nSPS) is 13.2. The van der Waals surface area contributed by atoms with Crippen LogP contribution in [0.2, 0.25) is 0 Å². The van der Waals surface area contributed by atoms with E-state index in [4.69, 9.17) is 4.74 Å². The Labute approximate surface area is 146 Å². The van der Waals surface area contributed by atoms with Gasteiger partial charge in [-0.25, -0.2) is 0 Å². The molecular formula is C19H22BrNO2. The van der Waals surface area contributed by atoms with E-state index >= 15 is 0 Å². The molecule has 23 heavy (non-hydrogen) atoms. The molecule has 2 rings (SSSR count). The van der Waals surface area contributed by atoms with E-state index in [0.717, 1.165) is 16.5 Å². The SMILES string of the molecule is CC[C@@H](NC(=O)[C@@H](C)Oc1ccc(Br)cc1)c1ccc(C)cc1. The minimum atomic E-state index is -0.546. The Morgan fingerprint density at radius 2 is 1.74 bits per heavy atom. The second-order valence-corrected chi connectivity index (χ2v) is 6.51. The molecule has 0 radical (unpaired) electrons. The Kier molecular flexibility index (Phi) is 6.22. The van der Waals surface area contributed by atoms with Crippen molar-refractivity contribution in [2.24, 2.45) is 0 Å². The van der Waals surface area contributed by atoms with Crippen LogP contribution in [-0.4, -0.2) is 12.0 Å². The highest BCUT2D eigenvalue weighted by molar-refractivity contribution is 9.10. The molecule has 1 amide bonds. The van der Waals surface area contributed by atoms with E-state index in [1.807, 2.05) is 24.3 Å². The van der Waals surface area contributed by atoms with Crippen LogP contribution < -0.4 is 10.1 Å². The van der Waals surface area contributed by atoms with Gasteiger partial charge in [0.05, 0.1) is 6.04 Å². The van der Waals surface area contributed by atoms with Crippen LogP contribution in [0, 0.1) is 6.92 Å². The number of nitrogens with one attached hydrogen (secondary N) is 1. The predicted molar refractivity (Wildman–Crippen MR) is 96.6 cm³/mol. The first-order valence-corrected chi connectivity index (χ1v) is 8.58. The summed E-state index contributed by atoms with van der Waals surface area (Å²) in [5.74, 6) is 0.569. The largest absolute Gasteiger partial charge is 0.481 e. The lowest BCUT2D eigenvalue weighted by Crippen LogP contribution is -2.38. The Morgan fingerprint density at radius 1 is 1.13 bits per heavy atom. The molecule has 0 aromatic heterocycles. The molecule has 0 saturated heterocycles. The molecule has 0 aliphatic rings. The van der Waals surface area contributed by atoms with Crippen molar-refractivity contribution in [3.63, 3.8) is 0 Å². The standard InChI is InChI=1S/C19H22BrNO2/c1-4-18(15-7-5-13(2)6-8-15)21-19(22)14(3)23-17-11-9-16(20)10-12-17/h5-12,14,18H,4H2,1-3H3,(H,21,22)/t14-,18-/m1/s1. The number of carbonyl (C=O) groups excluding carboxylic acids is 1. The number of rotatable bonds is 6. The second-order valence-electron chi connectivity index (χ2n) is 5.59. The van der Waals surface area contributed by atoms with Crippen LogP contribution in [0.1, 0.15) is 37.4 Å². The number of carbonyl (C=O) groups is 1. The van der Waals surface area contributed by atoms with Crippen LogP contribution in [0.3, 0.4) is 0 Å². The molecule has 0 spiro atoms. The highest BCUT2D eigenvalue weighted by Gasteiger charge is 2.19. The average Bonchev–Trinajstić information content (AvgIpc) is 2.55. The number of benzene rings is 2. The zero-order valence-corrected chi connectivity index (χ0v) is 15.3. The number of hydrogen-bond donors (Lipinski definition) is 1. The van der Waals surface area contributed by atoms with Crippen molar-refractivity contribution in [2.75, 3.05) is 0 Å². The van der Waals surface area contributed by atoms with Crippen LogP contribution in [0.4, 0.5) is 0 Å². The van der Waals surface area contributed by atoms with Gasteiger partial charge < -0.3 is 10.1 Å². The minimum absolute atomic E-state index is 0.000863. The van der Waals surface area contributed by atoms with Crippen molar-refractivity contribution in [3.8, 4) is 5.75 Å². The van der Waals surface area contributed by atoms with Gasteiger partial charge in [0, 0.05) is 4.47 Å². The second kappa shape index (κ2) is 8.16. The summed E-state index contributed by atoms with van der Waals surface area (Å²) in [6, 6.07) is 15.7. The smallest absolute Gasteiger partial charge is 0.261 e. The molecule has 0 aliphatic heterocycles. The van der Waals surface area contributed by atoms with Crippen LogP contribution >= 0.6 is 15.9 Å². The van der Waals surface area contributed by atoms with Crippen molar-refractivity contribution in [2.45, 2.75) is 39.3 Å². The van der Waals surface area contributed by atoms with Gasteiger partial charge in [-0.1, -0.05) is 52.7 Å². The van der Waals surface area contributed by atoms with Crippen molar-refractivity contribution in [1.29, 1.82) is 0 Å². The summed E-state index contributed by atoms with van der Waals surface area (Å²) in [4.78, 5) is 12.4. The van der Waals surface area contributed by atoms with Gasteiger partial charge >= 0.3 is 0 Å². The highest BCUT2D eigenvalue weighted by Crippen LogP contribution is 2.19. The molecule has 2 aromatic carbocycles. The van der Waals surface area contributed by atoms with E-state index in [0.29, 0.717) is 5.75 Å². The summed E-state index contributed by atoms with van der Waals surface area (Å²) in [7, 11) is 0. The molecular weight excluding hydrogens is 354 g/mol. The Bertz CT molecular complexity index is 637.